The van der Waals surface area contributed by atoms with Gasteiger partial charge in [-0.2, -0.15) is 0 Å². The van der Waals surface area contributed by atoms with Crippen LogP contribution in [0.5, 0.6) is 0 Å². The molecular formula is C7H12N2O2. The molecule has 11 heavy (non-hydrogen) atoms. The van der Waals surface area contributed by atoms with Crippen molar-refractivity contribution in [1.82, 2.24) is 5.32 Å². The molecule has 0 aromatic heterocycles. The molecule has 0 spiro atoms. The number of carbonyl (C=O) groups excluding carboxylic acids is 2. The lowest BCUT2D eigenvalue weighted by Gasteiger charge is -2.07. The van der Waals surface area contributed by atoms with Gasteiger partial charge in [0.15, 0.2) is 0 Å². The molecule has 0 radical (unpaired) electrons. The number of hydrogen-bond donors (Lipinski definition) is 2. The van der Waals surface area contributed by atoms with E-state index < -0.39 is 0 Å². The lowest BCUT2D eigenvalue weighted by molar-refractivity contribution is -0.122. The van der Waals surface area contributed by atoms with Gasteiger partial charge in [0.05, 0.1) is 5.92 Å². The van der Waals surface area contributed by atoms with Crippen LogP contribution in [-0.4, -0.2) is 18.4 Å². The number of carbonyl (C=O) groups is 2. The van der Waals surface area contributed by atoms with Crippen molar-refractivity contribution in [2.45, 2.75) is 19.3 Å². The molecule has 1 aliphatic rings. The summed E-state index contributed by atoms with van der Waals surface area (Å²) >= 11 is 0. The molecule has 1 heterocycles. The Kier molecular flexibility index (Phi) is 2.46. The number of primary amides is 1. The van der Waals surface area contributed by atoms with E-state index in [-0.39, 0.29) is 17.7 Å². The van der Waals surface area contributed by atoms with Crippen LogP contribution in [0.25, 0.3) is 0 Å². The van der Waals surface area contributed by atoms with E-state index in [0.717, 1.165) is 12.8 Å². The minimum Gasteiger partial charge on any atom is -0.369 e. The fourth-order valence-electron chi connectivity index (χ4n) is 1.18. The van der Waals surface area contributed by atoms with Gasteiger partial charge < -0.3 is 11.1 Å². The second-order valence-corrected chi connectivity index (χ2v) is 2.80. The topological polar surface area (TPSA) is 72.2 Å². The number of amides is 2. The molecule has 3 N–H and O–H groups in total. The van der Waals surface area contributed by atoms with E-state index in [2.05, 4.69) is 5.32 Å². The van der Waals surface area contributed by atoms with Crippen LogP contribution in [-0.2, 0) is 9.59 Å². The van der Waals surface area contributed by atoms with Crippen LogP contribution in [0.3, 0.4) is 0 Å². The van der Waals surface area contributed by atoms with Gasteiger partial charge >= 0.3 is 0 Å². The van der Waals surface area contributed by atoms with E-state index in [1.807, 2.05) is 0 Å². The SMILES string of the molecule is NC(=O)C1CCCC(=O)NC1. The monoisotopic (exact) mass is 156 g/mol. The summed E-state index contributed by atoms with van der Waals surface area (Å²) < 4.78 is 0. The molecule has 2 amide bonds. The maximum absolute atomic E-state index is 10.8. The Morgan fingerprint density at radius 3 is 3.00 bits per heavy atom. The fraction of sp³-hybridized carbons (Fsp3) is 0.714. The van der Waals surface area contributed by atoms with Crippen LogP contribution >= 0.6 is 0 Å². The Morgan fingerprint density at radius 2 is 2.36 bits per heavy atom. The minimum atomic E-state index is -0.313. The van der Waals surface area contributed by atoms with E-state index in [1.54, 1.807) is 0 Å². The van der Waals surface area contributed by atoms with Gasteiger partial charge in [0.2, 0.25) is 11.8 Å². The minimum absolute atomic E-state index is 0.0220. The molecular weight excluding hydrogens is 144 g/mol. The van der Waals surface area contributed by atoms with E-state index in [0.29, 0.717) is 13.0 Å². The van der Waals surface area contributed by atoms with Gasteiger partial charge in [-0.05, 0) is 12.8 Å². The second kappa shape index (κ2) is 3.37. The van der Waals surface area contributed by atoms with Gasteiger partial charge in [-0.3, -0.25) is 9.59 Å². The van der Waals surface area contributed by atoms with Crippen LogP contribution in [0.4, 0.5) is 0 Å². The molecule has 4 nitrogen and oxygen atoms in total. The number of nitrogens with two attached hydrogens (primary N) is 1. The average molecular weight is 156 g/mol. The van der Waals surface area contributed by atoms with Crippen LogP contribution in [0, 0.1) is 5.92 Å². The lowest BCUT2D eigenvalue weighted by Crippen LogP contribution is -2.33. The zero-order valence-electron chi connectivity index (χ0n) is 6.30. The van der Waals surface area contributed by atoms with E-state index in [1.165, 1.54) is 0 Å². The van der Waals surface area contributed by atoms with Crippen LogP contribution < -0.4 is 11.1 Å². The Morgan fingerprint density at radius 1 is 1.64 bits per heavy atom. The Bertz CT molecular complexity index is 179. The Balaban J connectivity index is 2.46. The first kappa shape index (κ1) is 8.04. The molecule has 0 bridgehead atoms. The zero-order valence-corrected chi connectivity index (χ0v) is 6.30. The summed E-state index contributed by atoms with van der Waals surface area (Å²) in [5.41, 5.74) is 5.09. The molecule has 0 saturated carbocycles. The van der Waals surface area contributed by atoms with Crippen LogP contribution in [0.2, 0.25) is 0 Å². The molecule has 1 rings (SSSR count). The molecule has 1 unspecified atom stereocenters. The van der Waals surface area contributed by atoms with Gasteiger partial charge in [-0.1, -0.05) is 0 Å². The van der Waals surface area contributed by atoms with Crippen molar-refractivity contribution in [3.63, 3.8) is 0 Å². The fourth-order valence-corrected chi connectivity index (χ4v) is 1.18. The van der Waals surface area contributed by atoms with E-state index in [4.69, 9.17) is 5.73 Å². The molecule has 1 saturated heterocycles. The highest BCUT2D eigenvalue weighted by molar-refractivity contribution is 5.80. The number of nitrogens with one attached hydrogen (secondary N) is 1. The third-order valence-electron chi connectivity index (χ3n) is 1.90. The van der Waals surface area contributed by atoms with Gasteiger partial charge in [0.25, 0.3) is 0 Å². The van der Waals surface area contributed by atoms with Gasteiger partial charge in [0.1, 0.15) is 0 Å². The summed E-state index contributed by atoms with van der Waals surface area (Å²) in [5, 5.41) is 2.64. The van der Waals surface area contributed by atoms with Gasteiger partial charge in [-0.15, -0.1) is 0 Å². The first-order chi connectivity index (χ1) is 5.20. The second-order valence-electron chi connectivity index (χ2n) is 2.80. The summed E-state index contributed by atoms with van der Waals surface area (Å²) in [6, 6.07) is 0. The first-order valence-electron chi connectivity index (χ1n) is 3.76. The van der Waals surface area contributed by atoms with Crippen molar-refractivity contribution in [3.8, 4) is 0 Å². The standard InChI is InChI=1S/C7H12N2O2/c8-7(11)5-2-1-3-6(10)9-4-5/h5H,1-4H2,(H2,8,11)(H,9,10). The molecule has 0 aliphatic carbocycles. The summed E-state index contributed by atoms with van der Waals surface area (Å²) in [6.07, 6.45) is 2.01. The van der Waals surface area contributed by atoms with Crippen molar-refractivity contribution in [3.05, 3.63) is 0 Å². The van der Waals surface area contributed by atoms with Crippen molar-refractivity contribution >= 4 is 11.8 Å². The lowest BCUT2D eigenvalue weighted by atomic mass is 10.0. The molecule has 1 aliphatic heterocycles. The summed E-state index contributed by atoms with van der Waals surface area (Å²) in [6.45, 7) is 0.411. The maximum atomic E-state index is 10.8. The Hall–Kier alpha value is -1.06. The molecule has 62 valence electrons. The quantitative estimate of drug-likeness (QED) is 0.531. The number of hydrogen-bond acceptors (Lipinski definition) is 2. The van der Waals surface area contributed by atoms with Crippen molar-refractivity contribution < 1.29 is 9.59 Å². The highest BCUT2D eigenvalue weighted by Crippen LogP contribution is 2.10. The molecule has 4 heteroatoms. The largest absolute Gasteiger partial charge is 0.369 e. The average Bonchev–Trinajstić information content (AvgIpc) is 2.13. The van der Waals surface area contributed by atoms with Crippen molar-refractivity contribution in [2.75, 3.05) is 6.54 Å². The van der Waals surface area contributed by atoms with Crippen molar-refractivity contribution in [1.29, 1.82) is 0 Å². The van der Waals surface area contributed by atoms with E-state index >= 15 is 0 Å². The molecule has 1 atom stereocenters. The summed E-state index contributed by atoms with van der Waals surface area (Å²) in [5.74, 6) is -0.456. The zero-order chi connectivity index (χ0) is 8.27. The maximum Gasteiger partial charge on any atom is 0.222 e. The summed E-state index contributed by atoms with van der Waals surface area (Å²) in [4.78, 5) is 21.5. The Labute approximate surface area is 65.1 Å². The predicted octanol–water partition coefficient (Wildman–Crippen LogP) is -0.612. The molecule has 0 aromatic carbocycles. The highest BCUT2D eigenvalue weighted by atomic mass is 16.2. The smallest absolute Gasteiger partial charge is 0.222 e. The molecule has 1 fully saturated rings. The first-order valence-corrected chi connectivity index (χ1v) is 3.76. The predicted molar refractivity (Wildman–Crippen MR) is 39.5 cm³/mol. The van der Waals surface area contributed by atoms with Gasteiger partial charge in [-0.25, -0.2) is 0 Å². The van der Waals surface area contributed by atoms with Gasteiger partial charge in [0, 0.05) is 13.0 Å². The highest BCUT2D eigenvalue weighted by Gasteiger charge is 2.19. The number of rotatable bonds is 1. The third kappa shape index (κ3) is 2.22. The van der Waals surface area contributed by atoms with E-state index in [9.17, 15) is 9.59 Å². The molecule has 0 aromatic rings. The normalized spacial score (nSPS) is 25.5. The van der Waals surface area contributed by atoms with Crippen molar-refractivity contribution in [2.24, 2.45) is 11.7 Å². The third-order valence-corrected chi connectivity index (χ3v) is 1.90. The van der Waals surface area contributed by atoms with Crippen LogP contribution in [0.1, 0.15) is 19.3 Å². The summed E-state index contributed by atoms with van der Waals surface area (Å²) in [7, 11) is 0. The van der Waals surface area contributed by atoms with Crippen LogP contribution in [0.15, 0.2) is 0 Å².